The normalized spacial score (nSPS) is 13.0. The van der Waals surface area contributed by atoms with Crippen molar-refractivity contribution in [2.75, 3.05) is 193 Å². The first-order valence-corrected chi connectivity index (χ1v) is 33.1. The molecule has 0 bridgehead atoms. The van der Waals surface area contributed by atoms with Crippen molar-refractivity contribution in [3.63, 3.8) is 0 Å². The average Bonchev–Trinajstić information content (AvgIpc) is 1.47. The van der Waals surface area contributed by atoms with Crippen LogP contribution in [0.15, 0.2) is 24.3 Å². The maximum Gasteiger partial charge on any atom is 0.253 e. The highest BCUT2D eigenvalue weighted by molar-refractivity contribution is 6.13. The molecule has 34 heteroatoms. The van der Waals surface area contributed by atoms with Gasteiger partial charge in [-0.3, -0.25) is 76.9 Å². The molecule has 0 spiro atoms. The van der Waals surface area contributed by atoms with Crippen molar-refractivity contribution in [3.8, 4) is 0 Å². The van der Waals surface area contributed by atoms with Gasteiger partial charge in [-0.25, -0.2) is 0 Å². The molecule has 0 aromatic carbocycles. The number of nitrogens with one attached hydrogen (secondary N) is 8. The fraction of sp³-hybridized carbons (Fsp3) is 0.719. The summed E-state index contributed by atoms with van der Waals surface area (Å²) in [5.41, 5.74) is -1.33. The molecule has 98 heavy (non-hydrogen) atoms. The number of ketones is 2. The molecule has 34 nitrogen and oxygen atoms in total. The molecule has 2 aliphatic heterocycles. The van der Waals surface area contributed by atoms with Crippen LogP contribution in [-0.4, -0.2) is 290 Å². The molecule has 2 rings (SSSR count). The van der Waals surface area contributed by atoms with Crippen LogP contribution in [0.2, 0.25) is 0 Å². The van der Waals surface area contributed by atoms with Crippen LogP contribution in [0.4, 0.5) is 0 Å². The van der Waals surface area contributed by atoms with E-state index in [4.69, 9.17) is 47.4 Å². The second kappa shape index (κ2) is 55.4. The van der Waals surface area contributed by atoms with E-state index in [0.717, 1.165) is 34.1 Å². The first-order valence-electron chi connectivity index (χ1n) is 33.1. The van der Waals surface area contributed by atoms with E-state index in [2.05, 4.69) is 42.5 Å². The molecule has 1 atom stereocenters. The van der Waals surface area contributed by atoms with Crippen LogP contribution in [0.5, 0.6) is 0 Å². The zero-order chi connectivity index (χ0) is 71.9. The third kappa shape index (κ3) is 43.7. The Morgan fingerprint density at radius 1 is 0.347 bits per heavy atom. The van der Waals surface area contributed by atoms with Gasteiger partial charge in [0.25, 0.3) is 23.6 Å². The van der Waals surface area contributed by atoms with Crippen LogP contribution in [-0.2, 0) is 114 Å². The maximum absolute atomic E-state index is 13.5. The summed E-state index contributed by atoms with van der Waals surface area (Å²) in [6.45, 7) is 2.53. The lowest BCUT2D eigenvalue weighted by molar-refractivity contribution is -0.139. The lowest BCUT2D eigenvalue weighted by Crippen LogP contribution is -2.59. The third-order valence-corrected chi connectivity index (χ3v) is 14.3. The van der Waals surface area contributed by atoms with E-state index in [0.29, 0.717) is 71.7 Å². The summed E-state index contributed by atoms with van der Waals surface area (Å²) >= 11 is 0. The van der Waals surface area contributed by atoms with E-state index < -0.39 is 46.9 Å². The number of amides is 12. The van der Waals surface area contributed by atoms with Crippen LogP contribution >= 0.6 is 0 Å². The molecule has 2 heterocycles. The Bertz CT molecular complexity index is 2430. The van der Waals surface area contributed by atoms with Crippen LogP contribution in [0.25, 0.3) is 0 Å². The topological polar surface area (TPSA) is 434 Å². The van der Waals surface area contributed by atoms with Gasteiger partial charge in [-0.05, 0) is 19.3 Å². The van der Waals surface area contributed by atoms with Crippen molar-refractivity contribution in [1.82, 2.24) is 52.3 Å². The second-order valence-corrected chi connectivity index (χ2v) is 22.5. The van der Waals surface area contributed by atoms with Crippen LogP contribution in [0, 0.1) is 5.92 Å². The lowest BCUT2D eigenvalue weighted by Gasteiger charge is -2.34. The molecule has 2 aliphatic rings. The van der Waals surface area contributed by atoms with E-state index in [9.17, 15) is 67.1 Å². The molecule has 0 aromatic heterocycles. The van der Waals surface area contributed by atoms with Crippen molar-refractivity contribution in [2.24, 2.45) is 5.92 Å². The van der Waals surface area contributed by atoms with E-state index in [1.165, 1.54) is 21.3 Å². The fourth-order valence-electron chi connectivity index (χ4n) is 8.99. The summed E-state index contributed by atoms with van der Waals surface area (Å²) < 4.78 is 55.0. The number of unbranched alkanes of at least 4 members (excludes halogenated alkanes) is 1. The highest BCUT2D eigenvalue weighted by Gasteiger charge is 2.34. The van der Waals surface area contributed by atoms with Gasteiger partial charge < -0.3 is 89.9 Å². The van der Waals surface area contributed by atoms with Gasteiger partial charge in [0.05, 0.1) is 106 Å². The van der Waals surface area contributed by atoms with Crippen molar-refractivity contribution in [3.05, 3.63) is 24.3 Å². The van der Waals surface area contributed by atoms with Gasteiger partial charge in [-0.1, -0.05) is 6.42 Å². The molecule has 1 unspecified atom stereocenters. The Hall–Kier alpha value is -7.54. The predicted molar refractivity (Wildman–Crippen MR) is 348 cm³/mol. The molecule has 8 N–H and O–H groups in total. The standard InChI is InChI=1S/C64H104N10O24/c1-89-39-23-66-55(80)18-36-96-46-64(47-97-37-19-56(81)67-24-40-90-2,48-98-38-20-57(82)68-25-41-91-3)72-58(83)21-35-92-31-6-8-50(75)15-32-93-44-28-71-63(88)49(45-51(76)16-33-94-42-26-69-52(77)13-29-73-59(84)9-10-60(73)85)7-4-5-22-65-54(79)17-34-95-43-27-70-53(78)14-30-74-61(86)11-12-62(74)87/h9-12,49H,4-8,13-48H2,1-3H3,(H,65,79)(H,66,80)(H,67,81)(H,68,82)(H,69,77)(H,70,78)(H,71,88)(H,72,83). The number of Topliss-reactive ketones (excluding diaryl/α,β-unsaturated/α-hetero) is 2. The highest BCUT2D eigenvalue weighted by Crippen LogP contribution is 2.16. The van der Waals surface area contributed by atoms with Crippen LogP contribution < -0.4 is 42.5 Å². The lowest BCUT2D eigenvalue weighted by atomic mass is 9.94. The smallest absolute Gasteiger partial charge is 0.253 e. The fourth-order valence-corrected chi connectivity index (χ4v) is 8.99. The highest BCUT2D eigenvalue weighted by atomic mass is 16.5. The largest absolute Gasteiger partial charge is 0.383 e. The summed E-state index contributed by atoms with van der Waals surface area (Å²) in [6, 6.07) is 0. The van der Waals surface area contributed by atoms with Crippen molar-refractivity contribution < 1.29 is 114 Å². The van der Waals surface area contributed by atoms with Crippen molar-refractivity contribution in [1.29, 1.82) is 0 Å². The van der Waals surface area contributed by atoms with E-state index in [1.807, 2.05) is 0 Å². The second-order valence-electron chi connectivity index (χ2n) is 22.5. The number of methoxy groups -OCH3 is 3. The van der Waals surface area contributed by atoms with Gasteiger partial charge in [0.2, 0.25) is 47.3 Å². The minimum atomic E-state index is -1.33. The number of ether oxygens (including phenoxy) is 10. The quantitative estimate of drug-likeness (QED) is 0.0225. The Balaban J connectivity index is 1.83. The molecule has 0 saturated carbocycles. The summed E-state index contributed by atoms with van der Waals surface area (Å²) in [7, 11) is 4.54. The van der Waals surface area contributed by atoms with E-state index in [1.54, 1.807) is 0 Å². The number of carbonyl (C=O) groups excluding carboxylic acids is 14. The zero-order valence-electron chi connectivity index (χ0n) is 57.1. The van der Waals surface area contributed by atoms with Gasteiger partial charge in [0.1, 0.15) is 17.1 Å². The molecule has 0 aromatic rings. The maximum atomic E-state index is 13.5. The number of carbonyl (C=O) groups is 14. The summed E-state index contributed by atoms with van der Waals surface area (Å²) in [6.07, 6.45) is 6.15. The Morgan fingerprint density at radius 2 is 0.684 bits per heavy atom. The van der Waals surface area contributed by atoms with Gasteiger partial charge in [-0.2, -0.15) is 0 Å². The average molecular weight is 1400 g/mol. The van der Waals surface area contributed by atoms with Gasteiger partial charge >= 0.3 is 0 Å². The Kier molecular flexibility index (Phi) is 48.9. The molecule has 12 amide bonds. The molecule has 0 fully saturated rings. The van der Waals surface area contributed by atoms with E-state index >= 15 is 0 Å². The number of imide groups is 2. The molecule has 0 saturated heterocycles. The zero-order valence-corrected chi connectivity index (χ0v) is 57.1. The summed E-state index contributed by atoms with van der Waals surface area (Å²) in [4.78, 5) is 175. The summed E-state index contributed by atoms with van der Waals surface area (Å²) in [5, 5.41) is 21.9. The molecular weight excluding hydrogens is 1290 g/mol. The predicted octanol–water partition coefficient (Wildman–Crippen LogP) is -2.83. The first kappa shape index (κ1) is 86.5. The Morgan fingerprint density at radius 3 is 1.10 bits per heavy atom. The van der Waals surface area contributed by atoms with Crippen LogP contribution in [0.1, 0.15) is 96.3 Å². The van der Waals surface area contributed by atoms with Gasteiger partial charge in [0.15, 0.2) is 0 Å². The minimum Gasteiger partial charge on any atom is -0.383 e. The molecule has 0 aliphatic carbocycles. The molecule has 0 radical (unpaired) electrons. The SMILES string of the molecule is COCCNC(=O)CCOCC(COCCC(=O)NCCOC)(COCCC(=O)NCCOC)NC(=O)CCOCCCC(=O)CCOCCNC(=O)C(CCCCNC(=O)CCOCCNC(=O)CCN1C(=O)C=CC1=O)CC(=O)CCOCCNC(=O)CCN1C(=O)C=CC1=O. The van der Waals surface area contributed by atoms with Crippen molar-refractivity contribution >= 4 is 82.5 Å². The van der Waals surface area contributed by atoms with Crippen molar-refractivity contribution in [2.45, 2.75) is 102 Å². The third-order valence-electron chi connectivity index (χ3n) is 14.3. The minimum absolute atomic E-state index is 0.00568. The van der Waals surface area contributed by atoms with Crippen LogP contribution in [0.3, 0.4) is 0 Å². The van der Waals surface area contributed by atoms with E-state index in [-0.39, 0.29) is 243 Å². The number of rotatable bonds is 64. The number of hydrogen-bond donors (Lipinski definition) is 8. The molecular formula is C64H104N10O24. The monoisotopic (exact) mass is 1400 g/mol. The summed E-state index contributed by atoms with van der Waals surface area (Å²) in [5.74, 6) is -5.70. The number of nitrogens with zero attached hydrogens (tertiary/aromatic N) is 2. The first-order chi connectivity index (χ1) is 47.3. The van der Waals surface area contributed by atoms with Gasteiger partial charge in [0, 0.05) is 188 Å². The van der Waals surface area contributed by atoms with Gasteiger partial charge in [-0.15, -0.1) is 0 Å². The Labute approximate surface area is 572 Å². The molecule has 554 valence electrons. The number of hydrogen-bond acceptors (Lipinski definition) is 24.